The van der Waals surface area contributed by atoms with Crippen LogP contribution in [0.3, 0.4) is 0 Å². The van der Waals surface area contributed by atoms with Crippen molar-refractivity contribution in [2.75, 3.05) is 0 Å². The van der Waals surface area contributed by atoms with Crippen molar-refractivity contribution < 1.29 is 4.79 Å². The molecule has 2 N–H and O–H groups in total. The fourth-order valence-corrected chi connectivity index (χ4v) is 5.63. The van der Waals surface area contributed by atoms with E-state index >= 15 is 0 Å². The molecule has 0 unspecified atom stereocenters. The van der Waals surface area contributed by atoms with Gasteiger partial charge in [0.15, 0.2) is 0 Å². The van der Waals surface area contributed by atoms with Gasteiger partial charge in [-0.15, -0.1) is 10.2 Å². The van der Waals surface area contributed by atoms with Crippen LogP contribution in [-0.2, 0) is 0 Å². The van der Waals surface area contributed by atoms with Gasteiger partial charge in [-0.3, -0.25) is 4.79 Å². The minimum Gasteiger partial charge on any atom is -0.347 e. The lowest BCUT2D eigenvalue weighted by Crippen LogP contribution is -2.59. The topological polar surface area (TPSA) is 83.6 Å². The number of aromatic nitrogens is 4. The molecule has 4 aliphatic carbocycles. The second kappa shape index (κ2) is 5.13. The van der Waals surface area contributed by atoms with Crippen LogP contribution in [0.15, 0.2) is 24.3 Å². The number of tetrazole rings is 1. The molecular formula is C18H21N5O. The van der Waals surface area contributed by atoms with Crippen molar-refractivity contribution in [3.8, 4) is 11.4 Å². The molecule has 6 heteroatoms. The maximum absolute atomic E-state index is 12.8. The Bertz CT molecular complexity index is 717. The van der Waals surface area contributed by atoms with Crippen LogP contribution in [0.4, 0.5) is 0 Å². The van der Waals surface area contributed by atoms with Crippen LogP contribution in [0, 0.1) is 17.8 Å². The van der Waals surface area contributed by atoms with Crippen molar-refractivity contribution in [1.82, 2.24) is 25.9 Å². The highest BCUT2D eigenvalue weighted by atomic mass is 16.1. The van der Waals surface area contributed by atoms with E-state index in [2.05, 4.69) is 25.9 Å². The Labute approximate surface area is 140 Å². The van der Waals surface area contributed by atoms with E-state index in [1.165, 1.54) is 38.5 Å². The fraction of sp³-hybridized carbons (Fsp3) is 0.556. The van der Waals surface area contributed by atoms with Crippen LogP contribution in [0.25, 0.3) is 11.4 Å². The van der Waals surface area contributed by atoms with Crippen LogP contribution in [0.1, 0.15) is 48.9 Å². The van der Waals surface area contributed by atoms with Gasteiger partial charge < -0.3 is 5.32 Å². The zero-order valence-corrected chi connectivity index (χ0v) is 13.5. The predicted molar refractivity (Wildman–Crippen MR) is 88.0 cm³/mol. The average molecular weight is 323 g/mol. The molecule has 6 nitrogen and oxygen atoms in total. The highest BCUT2D eigenvalue weighted by Gasteiger charge is 2.51. The van der Waals surface area contributed by atoms with Gasteiger partial charge in [0.25, 0.3) is 5.91 Å². The summed E-state index contributed by atoms with van der Waals surface area (Å²) in [5, 5.41) is 17.3. The molecule has 0 spiro atoms. The molecule has 0 radical (unpaired) electrons. The van der Waals surface area contributed by atoms with Crippen molar-refractivity contribution in [2.45, 2.75) is 44.1 Å². The van der Waals surface area contributed by atoms with Crippen LogP contribution in [-0.4, -0.2) is 32.1 Å². The summed E-state index contributed by atoms with van der Waals surface area (Å²) < 4.78 is 0. The molecule has 24 heavy (non-hydrogen) atoms. The second-order valence-corrected chi connectivity index (χ2v) is 7.96. The third kappa shape index (κ3) is 2.32. The number of hydrogen-bond acceptors (Lipinski definition) is 4. The van der Waals surface area contributed by atoms with Gasteiger partial charge in [-0.1, -0.05) is 12.1 Å². The van der Waals surface area contributed by atoms with E-state index in [4.69, 9.17) is 0 Å². The van der Waals surface area contributed by atoms with Crippen molar-refractivity contribution in [3.05, 3.63) is 29.8 Å². The third-order valence-corrected chi connectivity index (χ3v) is 6.17. The zero-order valence-electron chi connectivity index (χ0n) is 13.5. The first-order chi connectivity index (χ1) is 11.7. The van der Waals surface area contributed by atoms with Crippen molar-refractivity contribution in [2.24, 2.45) is 17.8 Å². The summed E-state index contributed by atoms with van der Waals surface area (Å²) in [4.78, 5) is 12.8. The average Bonchev–Trinajstić information content (AvgIpc) is 3.07. The number of carbonyl (C=O) groups is 1. The van der Waals surface area contributed by atoms with Crippen LogP contribution < -0.4 is 5.32 Å². The van der Waals surface area contributed by atoms with Crippen LogP contribution in [0.2, 0.25) is 0 Å². The summed E-state index contributed by atoms with van der Waals surface area (Å²) in [6, 6.07) is 7.45. The number of rotatable bonds is 3. The molecule has 2 aromatic rings. The highest BCUT2D eigenvalue weighted by molar-refractivity contribution is 5.95. The molecular weight excluding hydrogens is 302 g/mol. The molecule has 4 aliphatic rings. The molecule has 4 fully saturated rings. The van der Waals surface area contributed by atoms with Crippen LogP contribution >= 0.6 is 0 Å². The molecule has 1 aromatic carbocycles. The van der Waals surface area contributed by atoms with Crippen molar-refractivity contribution in [1.29, 1.82) is 0 Å². The molecule has 4 bridgehead atoms. The molecule has 4 saturated carbocycles. The maximum Gasteiger partial charge on any atom is 0.251 e. The number of benzene rings is 1. The molecule has 1 amide bonds. The summed E-state index contributed by atoms with van der Waals surface area (Å²) >= 11 is 0. The molecule has 1 aromatic heterocycles. The quantitative estimate of drug-likeness (QED) is 0.909. The van der Waals surface area contributed by atoms with E-state index in [9.17, 15) is 4.79 Å². The van der Waals surface area contributed by atoms with Gasteiger partial charge in [-0.2, -0.15) is 5.21 Å². The minimum absolute atomic E-state index is 0.0524. The number of carbonyl (C=O) groups excluding carboxylic acids is 1. The SMILES string of the molecule is O=C(NC12CC3CC(CC(C3)C1)C2)c1ccc(-c2nn[nH]n2)cc1. The molecule has 0 saturated heterocycles. The number of nitrogens with one attached hydrogen (secondary N) is 2. The van der Waals surface area contributed by atoms with Crippen LogP contribution in [0.5, 0.6) is 0 Å². The molecule has 0 aliphatic heterocycles. The van der Waals surface area contributed by atoms with Gasteiger partial charge in [-0.25, -0.2) is 0 Å². The van der Waals surface area contributed by atoms with E-state index < -0.39 is 0 Å². The van der Waals surface area contributed by atoms with E-state index in [0.717, 1.165) is 23.3 Å². The first-order valence-electron chi connectivity index (χ1n) is 8.85. The summed E-state index contributed by atoms with van der Waals surface area (Å²) in [6.07, 6.45) is 7.67. The molecule has 124 valence electrons. The largest absolute Gasteiger partial charge is 0.347 e. The Hall–Kier alpha value is -2.24. The first-order valence-corrected chi connectivity index (χ1v) is 8.85. The predicted octanol–water partition coefficient (Wildman–Crippen LogP) is 2.57. The number of nitrogens with zero attached hydrogens (tertiary/aromatic N) is 3. The second-order valence-electron chi connectivity index (χ2n) is 7.96. The highest BCUT2D eigenvalue weighted by Crippen LogP contribution is 2.55. The van der Waals surface area contributed by atoms with Gasteiger partial charge in [0.1, 0.15) is 0 Å². The lowest BCUT2D eigenvalue weighted by Gasteiger charge is -2.56. The number of aromatic amines is 1. The van der Waals surface area contributed by atoms with Gasteiger partial charge >= 0.3 is 0 Å². The molecule has 0 atom stereocenters. The van der Waals surface area contributed by atoms with E-state index in [-0.39, 0.29) is 11.4 Å². The molecule has 6 rings (SSSR count). The number of hydrogen-bond donors (Lipinski definition) is 2. The summed E-state index contributed by atoms with van der Waals surface area (Å²) in [7, 11) is 0. The first kappa shape index (κ1) is 14.1. The lowest BCUT2D eigenvalue weighted by atomic mass is 9.53. The summed E-state index contributed by atoms with van der Waals surface area (Å²) in [6.45, 7) is 0. The normalized spacial score (nSPS) is 33.6. The molecule has 1 heterocycles. The lowest BCUT2D eigenvalue weighted by molar-refractivity contribution is -0.0167. The fourth-order valence-electron chi connectivity index (χ4n) is 5.63. The standard InChI is InChI=1S/C18H21N5O/c24-17(15-3-1-14(2-4-15)16-20-22-23-21-16)19-18-8-11-5-12(9-18)7-13(6-11)10-18/h1-4,11-13H,5-10H2,(H,19,24)(H,20,21,22,23). The summed E-state index contributed by atoms with van der Waals surface area (Å²) in [5.41, 5.74) is 1.62. The Morgan fingerprint density at radius 3 is 2.21 bits per heavy atom. The van der Waals surface area contributed by atoms with Gasteiger partial charge in [0.05, 0.1) is 0 Å². The number of amides is 1. The minimum atomic E-state index is 0.0524. The van der Waals surface area contributed by atoms with E-state index in [1.807, 2.05) is 24.3 Å². The zero-order chi connectivity index (χ0) is 16.1. The van der Waals surface area contributed by atoms with E-state index in [1.54, 1.807) is 0 Å². The maximum atomic E-state index is 12.8. The Morgan fingerprint density at radius 2 is 1.67 bits per heavy atom. The van der Waals surface area contributed by atoms with Gasteiger partial charge in [0, 0.05) is 16.7 Å². The Balaban J connectivity index is 1.34. The van der Waals surface area contributed by atoms with Gasteiger partial charge in [-0.05, 0) is 73.6 Å². The monoisotopic (exact) mass is 323 g/mol. The summed E-state index contributed by atoms with van der Waals surface area (Å²) in [5.74, 6) is 3.09. The van der Waals surface area contributed by atoms with Gasteiger partial charge in [0.2, 0.25) is 5.82 Å². The number of H-pyrrole nitrogens is 1. The van der Waals surface area contributed by atoms with Crippen molar-refractivity contribution >= 4 is 5.91 Å². The Kier molecular flexibility index (Phi) is 3.02. The van der Waals surface area contributed by atoms with E-state index in [0.29, 0.717) is 11.4 Å². The smallest absolute Gasteiger partial charge is 0.251 e. The third-order valence-electron chi connectivity index (χ3n) is 6.17. The Morgan fingerprint density at radius 1 is 1.04 bits per heavy atom. The van der Waals surface area contributed by atoms with Crippen molar-refractivity contribution in [3.63, 3.8) is 0 Å².